The standard InChI is InChI=1S/C6H6.C4H9NO2.C2H6/c1-2-4-6-5-3-1;1-5-4(6)3-7-2;1-2/h1-6H;3H2,1-2H3,(H,5,6);1-2H3. The van der Waals surface area contributed by atoms with Crippen LogP contribution in [0, 0.1) is 0 Å². The van der Waals surface area contributed by atoms with Crippen LogP contribution in [0.3, 0.4) is 0 Å². The number of benzene rings is 1. The van der Waals surface area contributed by atoms with E-state index in [-0.39, 0.29) is 12.5 Å². The van der Waals surface area contributed by atoms with Crippen molar-refractivity contribution in [1.29, 1.82) is 0 Å². The van der Waals surface area contributed by atoms with E-state index in [1.54, 1.807) is 7.05 Å². The van der Waals surface area contributed by atoms with Crippen LogP contribution in [-0.2, 0) is 9.53 Å². The number of hydrogen-bond acceptors (Lipinski definition) is 2. The lowest BCUT2D eigenvalue weighted by atomic mass is 10.4. The maximum Gasteiger partial charge on any atom is 0.245 e. The average molecular weight is 211 g/mol. The summed E-state index contributed by atoms with van der Waals surface area (Å²) >= 11 is 0. The minimum absolute atomic E-state index is 0.0949. The Hall–Kier alpha value is -1.35. The van der Waals surface area contributed by atoms with Gasteiger partial charge < -0.3 is 10.1 Å². The number of ether oxygens (including phenoxy) is 1. The molecule has 15 heavy (non-hydrogen) atoms. The van der Waals surface area contributed by atoms with Crippen molar-refractivity contribution in [3.05, 3.63) is 36.4 Å². The third-order valence-electron chi connectivity index (χ3n) is 1.22. The van der Waals surface area contributed by atoms with E-state index in [4.69, 9.17) is 0 Å². The second-order valence-electron chi connectivity index (χ2n) is 2.26. The molecule has 3 heteroatoms. The first-order valence-corrected chi connectivity index (χ1v) is 5.00. The predicted molar refractivity (Wildman–Crippen MR) is 63.7 cm³/mol. The molecule has 1 N–H and O–H groups in total. The van der Waals surface area contributed by atoms with E-state index < -0.39 is 0 Å². The van der Waals surface area contributed by atoms with Crippen LogP contribution >= 0.6 is 0 Å². The maximum atomic E-state index is 10.2. The Labute approximate surface area is 92.5 Å². The number of carbonyl (C=O) groups is 1. The lowest BCUT2D eigenvalue weighted by molar-refractivity contribution is -0.124. The predicted octanol–water partition coefficient (Wildman–Crippen LogP) is 2.09. The first-order chi connectivity index (χ1) is 7.31. The first-order valence-electron chi connectivity index (χ1n) is 5.00. The SMILES string of the molecule is CC.CNC(=O)COC.c1ccccc1. The molecule has 3 nitrogen and oxygen atoms in total. The lowest BCUT2D eigenvalue weighted by Crippen LogP contribution is -2.22. The van der Waals surface area contributed by atoms with Crippen molar-refractivity contribution < 1.29 is 9.53 Å². The van der Waals surface area contributed by atoms with E-state index in [9.17, 15) is 4.79 Å². The molecule has 1 rings (SSSR count). The van der Waals surface area contributed by atoms with Crippen LogP contribution < -0.4 is 5.32 Å². The van der Waals surface area contributed by atoms with E-state index in [2.05, 4.69) is 10.1 Å². The van der Waals surface area contributed by atoms with Gasteiger partial charge in [0.05, 0.1) is 0 Å². The quantitative estimate of drug-likeness (QED) is 0.813. The second-order valence-corrected chi connectivity index (χ2v) is 2.26. The molecule has 0 bridgehead atoms. The van der Waals surface area contributed by atoms with E-state index in [0.717, 1.165) is 0 Å². The van der Waals surface area contributed by atoms with Crippen LogP contribution in [-0.4, -0.2) is 26.7 Å². The van der Waals surface area contributed by atoms with E-state index in [1.807, 2.05) is 50.2 Å². The Bertz CT molecular complexity index is 185. The van der Waals surface area contributed by atoms with Crippen molar-refractivity contribution in [2.75, 3.05) is 20.8 Å². The number of hydrogen-bond donors (Lipinski definition) is 1. The van der Waals surface area contributed by atoms with Gasteiger partial charge in [-0.15, -0.1) is 0 Å². The van der Waals surface area contributed by atoms with Crippen LogP contribution in [0.4, 0.5) is 0 Å². The van der Waals surface area contributed by atoms with Gasteiger partial charge in [-0.3, -0.25) is 4.79 Å². The molecule has 0 fully saturated rings. The molecular formula is C12H21NO2. The zero-order valence-electron chi connectivity index (χ0n) is 9.99. The van der Waals surface area contributed by atoms with Gasteiger partial charge in [-0.1, -0.05) is 50.2 Å². The van der Waals surface area contributed by atoms with Crippen molar-refractivity contribution in [3.63, 3.8) is 0 Å². The number of methoxy groups -OCH3 is 1. The molecule has 0 aliphatic carbocycles. The van der Waals surface area contributed by atoms with Crippen molar-refractivity contribution in [2.24, 2.45) is 0 Å². The summed E-state index contributed by atoms with van der Waals surface area (Å²) in [7, 11) is 3.05. The number of carbonyl (C=O) groups excluding carboxylic acids is 1. The highest BCUT2D eigenvalue weighted by atomic mass is 16.5. The summed E-state index contributed by atoms with van der Waals surface area (Å²) in [5.41, 5.74) is 0. The molecule has 0 saturated heterocycles. The summed E-state index contributed by atoms with van der Waals surface area (Å²) in [6.07, 6.45) is 0. The third-order valence-corrected chi connectivity index (χ3v) is 1.22. The minimum atomic E-state index is -0.0949. The maximum absolute atomic E-state index is 10.2. The molecule has 86 valence electrons. The van der Waals surface area contributed by atoms with E-state index >= 15 is 0 Å². The first kappa shape index (κ1) is 16.1. The highest BCUT2D eigenvalue weighted by Gasteiger charge is 1.90. The normalized spacial score (nSPS) is 7.47. The topological polar surface area (TPSA) is 38.3 Å². The zero-order chi connectivity index (χ0) is 11.9. The summed E-state index contributed by atoms with van der Waals surface area (Å²) in [6.45, 7) is 4.15. The average Bonchev–Trinajstić information content (AvgIpc) is 2.35. The minimum Gasteiger partial charge on any atom is -0.375 e. The number of amides is 1. The smallest absolute Gasteiger partial charge is 0.245 e. The van der Waals surface area contributed by atoms with Crippen molar-refractivity contribution in [3.8, 4) is 0 Å². The van der Waals surface area contributed by atoms with E-state index in [0.29, 0.717) is 0 Å². The molecule has 0 atom stereocenters. The van der Waals surface area contributed by atoms with Gasteiger partial charge in [0.1, 0.15) is 6.61 Å². The van der Waals surface area contributed by atoms with Crippen molar-refractivity contribution in [2.45, 2.75) is 13.8 Å². The number of likely N-dealkylation sites (N-methyl/N-ethyl adjacent to an activating group) is 1. The van der Waals surface area contributed by atoms with Gasteiger partial charge in [-0.05, 0) is 0 Å². The summed E-state index contributed by atoms with van der Waals surface area (Å²) in [5, 5.41) is 2.40. The number of rotatable bonds is 2. The van der Waals surface area contributed by atoms with Crippen LogP contribution in [0.1, 0.15) is 13.8 Å². The fraction of sp³-hybridized carbons (Fsp3) is 0.417. The summed E-state index contributed by atoms with van der Waals surface area (Å²) in [6, 6.07) is 12.0. The molecule has 0 aliphatic rings. The summed E-state index contributed by atoms with van der Waals surface area (Å²) in [4.78, 5) is 10.2. The fourth-order valence-electron chi connectivity index (χ4n) is 0.588. The summed E-state index contributed by atoms with van der Waals surface area (Å²) < 4.78 is 4.48. The van der Waals surface area contributed by atoms with E-state index in [1.165, 1.54) is 7.11 Å². The molecule has 1 aromatic carbocycles. The zero-order valence-corrected chi connectivity index (χ0v) is 9.99. The van der Waals surface area contributed by atoms with Crippen LogP contribution in [0.25, 0.3) is 0 Å². The molecular weight excluding hydrogens is 190 g/mol. The van der Waals surface area contributed by atoms with Gasteiger partial charge in [-0.2, -0.15) is 0 Å². The molecule has 1 aromatic rings. The molecule has 0 radical (unpaired) electrons. The Balaban J connectivity index is 0. The molecule has 0 aliphatic heterocycles. The van der Waals surface area contributed by atoms with Crippen molar-refractivity contribution >= 4 is 5.91 Å². The monoisotopic (exact) mass is 211 g/mol. The highest BCUT2D eigenvalue weighted by Crippen LogP contribution is 1.79. The third kappa shape index (κ3) is 15.4. The highest BCUT2D eigenvalue weighted by molar-refractivity contribution is 5.76. The number of nitrogens with one attached hydrogen (secondary N) is 1. The molecule has 0 heterocycles. The fourth-order valence-corrected chi connectivity index (χ4v) is 0.588. The van der Waals surface area contributed by atoms with Crippen LogP contribution in [0.2, 0.25) is 0 Å². The van der Waals surface area contributed by atoms with Gasteiger partial charge in [0.25, 0.3) is 0 Å². The lowest BCUT2D eigenvalue weighted by Gasteiger charge is -1.92. The van der Waals surface area contributed by atoms with Gasteiger partial charge in [0.15, 0.2) is 0 Å². The van der Waals surface area contributed by atoms with Crippen molar-refractivity contribution in [1.82, 2.24) is 5.32 Å². The largest absolute Gasteiger partial charge is 0.375 e. The van der Waals surface area contributed by atoms with Gasteiger partial charge in [-0.25, -0.2) is 0 Å². The second kappa shape index (κ2) is 15.1. The van der Waals surface area contributed by atoms with Gasteiger partial charge >= 0.3 is 0 Å². The molecule has 0 unspecified atom stereocenters. The molecule has 0 aromatic heterocycles. The van der Waals surface area contributed by atoms with Gasteiger partial charge in [0.2, 0.25) is 5.91 Å². The molecule has 0 saturated carbocycles. The van der Waals surface area contributed by atoms with Gasteiger partial charge in [0, 0.05) is 14.2 Å². The summed E-state index contributed by atoms with van der Waals surface area (Å²) in [5.74, 6) is -0.0949. The van der Waals surface area contributed by atoms with Crippen LogP contribution in [0.15, 0.2) is 36.4 Å². The van der Waals surface area contributed by atoms with Crippen LogP contribution in [0.5, 0.6) is 0 Å². The molecule has 1 amide bonds. The molecule has 0 spiro atoms. The Kier molecular flexibility index (Phi) is 16.2. The Morgan fingerprint density at radius 3 is 1.53 bits per heavy atom. The Morgan fingerprint density at radius 1 is 1.07 bits per heavy atom. The Morgan fingerprint density at radius 2 is 1.40 bits per heavy atom.